The highest BCUT2D eigenvalue weighted by molar-refractivity contribution is 7.90. The molecule has 1 aromatic heterocycles. The fourth-order valence-electron chi connectivity index (χ4n) is 2.47. The van der Waals surface area contributed by atoms with Crippen molar-refractivity contribution in [1.29, 1.82) is 0 Å². The Balaban J connectivity index is 2.05. The normalized spacial score (nSPS) is 11.4. The van der Waals surface area contributed by atoms with Gasteiger partial charge in [0.25, 0.3) is 0 Å². The minimum absolute atomic E-state index is 0.281. The second-order valence-corrected chi connectivity index (χ2v) is 7.44. The van der Waals surface area contributed by atoms with Gasteiger partial charge in [0.1, 0.15) is 18.4 Å². The zero-order valence-electron chi connectivity index (χ0n) is 13.4. The van der Waals surface area contributed by atoms with Crippen LogP contribution in [0, 0.1) is 0 Å². The molecule has 3 aromatic rings. The number of hydrogen-bond acceptors (Lipinski definition) is 5. The number of sulfone groups is 1. The molecule has 0 N–H and O–H groups in total. The maximum atomic E-state index is 11.8. The summed E-state index contributed by atoms with van der Waals surface area (Å²) in [5.74, 6) is 0.683. The van der Waals surface area contributed by atoms with E-state index in [-0.39, 0.29) is 4.90 Å². The van der Waals surface area contributed by atoms with Crippen LogP contribution in [0.1, 0.15) is 5.56 Å². The summed E-state index contributed by atoms with van der Waals surface area (Å²) in [7, 11) is -1.67. The van der Waals surface area contributed by atoms with Crippen molar-refractivity contribution in [1.82, 2.24) is 14.8 Å². The maximum absolute atomic E-state index is 11.8. The zero-order valence-corrected chi connectivity index (χ0v) is 14.2. The topological polar surface area (TPSA) is 74.1 Å². The highest BCUT2D eigenvalue weighted by Gasteiger charge is 2.12. The average Bonchev–Trinajstić information content (AvgIpc) is 3.07. The molecule has 0 unspecified atom stereocenters. The first-order valence-electron chi connectivity index (χ1n) is 7.27. The first-order chi connectivity index (χ1) is 11.5. The molecule has 24 heavy (non-hydrogen) atoms. The van der Waals surface area contributed by atoms with Gasteiger partial charge in [0.2, 0.25) is 0 Å². The van der Waals surface area contributed by atoms with Gasteiger partial charge in [-0.25, -0.2) is 18.1 Å². The van der Waals surface area contributed by atoms with Crippen molar-refractivity contribution in [2.24, 2.45) is 0 Å². The van der Waals surface area contributed by atoms with E-state index in [2.05, 4.69) is 10.1 Å². The van der Waals surface area contributed by atoms with Crippen molar-refractivity contribution in [3.63, 3.8) is 0 Å². The van der Waals surface area contributed by atoms with Gasteiger partial charge in [0, 0.05) is 11.8 Å². The van der Waals surface area contributed by atoms with E-state index in [0.717, 1.165) is 16.7 Å². The summed E-state index contributed by atoms with van der Waals surface area (Å²) in [4.78, 5) is 4.21. The minimum atomic E-state index is -3.27. The van der Waals surface area contributed by atoms with E-state index in [1.165, 1.54) is 12.6 Å². The molecule has 0 aliphatic heterocycles. The lowest BCUT2D eigenvalue weighted by Gasteiger charge is -2.12. The highest BCUT2D eigenvalue weighted by atomic mass is 32.2. The Bertz CT molecular complexity index is 951. The standard InChI is InChI=1S/C17H17N3O3S/c1-23-17-7-6-13(10-20-12-18-11-19-20)8-16(17)14-4-3-5-15(9-14)24(2,21)22/h3-9,11-12H,10H2,1-2H3. The van der Waals surface area contributed by atoms with Gasteiger partial charge in [-0.05, 0) is 35.4 Å². The highest BCUT2D eigenvalue weighted by Crippen LogP contribution is 2.32. The summed E-state index contributed by atoms with van der Waals surface area (Å²) >= 11 is 0. The Kier molecular flexibility index (Phi) is 4.35. The summed E-state index contributed by atoms with van der Waals surface area (Å²) in [6, 6.07) is 12.6. The molecule has 3 rings (SSSR count). The molecule has 7 heteroatoms. The third kappa shape index (κ3) is 3.46. The van der Waals surface area contributed by atoms with Crippen LogP contribution in [0.4, 0.5) is 0 Å². The van der Waals surface area contributed by atoms with Gasteiger partial charge in [-0.2, -0.15) is 5.10 Å². The molecular formula is C17H17N3O3S. The number of methoxy groups -OCH3 is 1. The molecule has 0 aliphatic carbocycles. The molecule has 0 bridgehead atoms. The van der Waals surface area contributed by atoms with Crippen LogP contribution in [0.2, 0.25) is 0 Å². The predicted octanol–water partition coefficient (Wildman–Crippen LogP) is 2.41. The van der Waals surface area contributed by atoms with E-state index >= 15 is 0 Å². The summed E-state index contributed by atoms with van der Waals surface area (Å²) in [5.41, 5.74) is 2.64. The predicted molar refractivity (Wildman–Crippen MR) is 90.7 cm³/mol. The molecule has 0 fully saturated rings. The number of hydrogen-bond donors (Lipinski definition) is 0. The summed E-state index contributed by atoms with van der Waals surface area (Å²) in [6.45, 7) is 0.572. The largest absolute Gasteiger partial charge is 0.496 e. The van der Waals surface area contributed by atoms with Gasteiger partial charge in [0.05, 0.1) is 18.6 Å². The van der Waals surface area contributed by atoms with E-state index in [1.807, 2.05) is 24.3 Å². The lowest BCUT2D eigenvalue weighted by molar-refractivity contribution is 0.416. The van der Waals surface area contributed by atoms with Crippen LogP contribution in [-0.4, -0.2) is 36.5 Å². The number of rotatable bonds is 5. The number of benzene rings is 2. The van der Waals surface area contributed by atoms with Crippen LogP contribution < -0.4 is 4.74 Å². The average molecular weight is 343 g/mol. The van der Waals surface area contributed by atoms with Gasteiger partial charge in [-0.3, -0.25) is 0 Å². The van der Waals surface area contributed by atoms with E-state index < -0.39 is 9.84 Å². The van der Waals surface area contributed by atoms with Gasteiger partial charge in [0.15, 0.2) is 9.84 Å². The van der Waals surface area contributed by atoms with Crippen molar-refractivity contribution in [3.05, 3.63) is 60.7 Å². The van der Waals surface area contributed by atoms with Crippen molar-refractivity contribution in [2.45, 2.75) is 11.4 Å². The van der Waals surface area contributed by atoms with Crippen molar-refractivity contribution >= 4 is 9.84 Å². The fraction of sp³-hybridized carbons (Fsp3) is 0.176. The second-order valence-electron chi connectivity index (χ2n) is 5.43. The van der Waals surface area contributed by atoms with Crippen molar-refractivity contribution in [3.8, 4) is 16.9 Å². The maximum Gasteiger partial charge on any atom is 0.175 e. The first kappa shape index (κ1) is 16.2. The van der Waals surface area contributed by atoms with Crippen molar-refractivity contribution < 1.29 is 13.2 Å². The van der Waals surface area contributed by atoms with Crippen LogP contribution in [0.5, 0.6) is 5.75 Å². The van der Waals surface area contributed by atoms with Gasteiger partial charge in [-0.15, -0.1) is 0 Å². The zero-order chi connectivity index (χ0) is 17.2. The van der Waals surface area contributed by atoms with Crippen LogP contribution in [0.25, 0.3) is 11.1 Å². The molecule has 0 atom stereocenters. The van der Waals surface area contributed by atoms with Gasteiger partial charge >= 0.3 is 0 Å². The molecular weight excluding hydrogens is 326 g/mol. The molecule has 2 aromatic carbocycles. The van der Waals surface area contributed by atoms with E-state index in [4.69, 9.17) is 4.74 Å². The summed E-state index contributed by atoms with van der Waals surface area (Å²) in [5, 5.41) is 4.10. The fourth-order valence-corrected chi connectivity index (χ4v) is 3.14. The van der Waals surface area contributed by atoms with E-state index in [1.54, 1.807) is 36.3 Å². The molecule has 0 saturated carbocycles. The second kappa shape index (κ2) is 6.45. The third-order valence-electron chi connectivity index (χ3n) is 3.65. The quantitative estimate of drug-likeness (QED) is 0.711. The number of nitrogens with zero attached hydrogens (tertiary/aromatic N) is 3. The summed E-state index contributed by atoms with van der Waals surface area (Å²) in [6.07, 6.45) is 4.33. The van der Waals surface area contributed by atoms with Crippen LogP contribution in [0.15, 0.2) is 60.0 Å². The van der Waals surface area contributed by atoms with E-state index in [0.29, 0.717) is 12.3 Å². The number of ether oxygens (including phenoxy) is 1. The molecule has 0 radical (unpaired) electrons. The summed E-state index contributed by atoms with van der Waals surface area (Å²) < 4.78 is 30.8. The minimum Gasteiger partial charge on any atom is -0.496 e. The first-order valence-corrected chi connectivity index (χ1v) is 9.16. The van der Waals surface area contributed by atoms with Crippen LogP contribution in [-0.2, 0) is 16.4 Å². The Hall–Kier alpha value is -2.67. The molecule has 0 spiro atoms. The van der Waals surface area contributed by atoms with Gasteiger partial charge in [-0.1, -0.05) is 18.2 Å². The Morgan fingerprint density at radius 2 is 2.00 bits per heavy atom. The SMILES string of the molecule is COc1ccc(Cn2cncn2)cc1-c1cccc(S(C)(=O)=O)c1. The molecule has 124 valence electrons. The van der Waals surface area contributed by atoms with E-state index in [9.17, 15) is 8.42 Å². The Labute approximate surface area is 140 Å². The lowest BCUT2D eigenvalue weighted by Crippen LogP contribution is -2.01. The van der Waals surface area contributed by atoms with Crippen molar-refractivity contribution in [2.75, 3.05) is 13.4 Å². The molecule has 6 nitrogen and oxygen atoms in total. The van der Waals surface area contributed by atoms with Crippen LogP contribution >= 0.6 is 0 Å². The van der Waals surface area contributed by atoms with Gasteiger partial charge < -0.3 is 4.74 Å². The molecule has 0 saturated heterocycles. The smallest absolute Gasteiger partial charge is 0.175 e. The lowest BCUT2D eigenvalue weighted by atomic mass is 10.0. The molecule has 1 heterocycles. The van der Waals surface area contributed by atoms with Crippen LogP contribution in [0.3, 0.4) is 0 Å². The molecule has 0 aliphatic rings. The third-order valence-corrected chi connectivity index (χ3v) is 4.76. The Morgan fingerprint density at radius 1 is 1.17 bits per heavy atom. The number of aromatic nitrogens is 3. The Morgan fingerprint density at radius 3 is 2.67 bits per heavy atom. The molecule has 0 amide bonds. The monoisotopic (exact) mass is 343 g/mol.